The summed E-state index contributed by atoms with van der Waals surface area (Å²) < 4.78 is 39.4. The molecular formula is C13H10F3N5O. The van der Waals surface area contributed by atoms with Crippen molar-refractivity contribution in [2.75, 3.05) is 0 Å². The second-order valence-corrected chi connectivity index (χ2v) is 4.74. The highest BCUT2D eigenvalue weighted by Crippen LogP contribution is 2.30. The number of alkyl halides is 3. The second-order valence-electron chi connectivity index (χ2n) is 4.74. The van der Waals surface area contributed by atoms with Gasteiger partial charge < -0.3 is 4.57 Å². The van der Waals surface area contributed by atoms with E-state index in [1.807, 2.05) is 0 Å². The van der Waals surface area contributed by atoms with Crippen molar-refractivity contribution in [2.24, 2.45) is 7.05 Å². The van der Waals surface area contributed by atoms with Crippen LogP contribution in [0.2, 0.25) is 0 Å². The Bertz CT molecular complexity index is 897. The molecule has 0 bridgehead atoms. The summed E-state index contributed by atoms with van der Waals surface area (Å²) >= 11 is 0. The minimum absolute atomic E-state index is 0.101. The lowest BCUT2D eigenvalue weighted by Crippen LogP contribution is -2.21. The molecule has 0 radical (unpaired) electrons. The molecular weight excluding hydrogens is 299 g/mol. The van der Waals surface area contributed by atoms with E-state index in [9.17, 15) is 18.0 Å². The van der Waals surface area contributed by atoms with Crippen molar-refractivity contribution in [3.63, 3.8) is 0 Å². The lowest BCUT2D eigenvalue weighted by Gasteiger charge is -2.09. The normalized spacial score (nSPS) is 12.0. The van der Waals surface area contributed by atoms with E-state index >= 15 is 0 Å². The van der Waals surface area contributed by atoms with E-state index in [1.54, 1.807) is 7.05 Å². The summed E-state index contributed by atoms with van der Waals surface area (Å²) in [5.41, 5.74) is -1.19. The Labute approximate surface area is 121 Å². The van der Waals surface area contributed by atoms with E-state index in [1.165, 1.54) is 27.7 Å². The molecule has 0 saturated carbocycles. The van der Waals surface area contributed by atoms with Crippen LogP contribution in [0, 0.1) is 0 Å². The number of aromatic nitrogens is 5. The molecule has 6 nitrogen and oxygen atoms in total. The number of hydrogen-bond acceptors (Lipinski definition) is 4. The Kier molecular flexibility index (Phi) is 3.19. The summed E-state index contributed by atoms with van der Waals surface area (Å²) in [6.07, 6.45) is -3.02. The molecule has 0 aliphatic carbocycles. The molecule has 2 aromatic heterocycles. The van der Waals surface area contributed by atoms with Crippen molar-refractivity contribution in [3.05, 3.63) is 52.2 Å². The van der Waals surface area contributed by atoms with E-state index in [0.717, 1.165) is 12.1 Å². The van der Waals surface area contributed by atoms with E-state index in [0.29, 0.717) is 5.82 Å². The van der Waals surface area contributed by atoms with Crippen molar-refractivity contribution in [1.29, 1.82) is 0 Å². The number of pyridine rings is 1. The van der Waals surface area contributed by atoms with Gasteiger partial charge in [-0.2, -0.15) is 18.0 Å². The smallest absolute Gasteiger partial charge is 0.307 e. The van der Waals surface area contributed by atoms with Gasteiger partial charge in [-0.15, -0.1) is 10.2 Å². The highest BCUT2D eigenvalue weighted by molar-refractivity contribution is 5.82. The largest absolute Gasteiger partial charge is 0.416 e. The van der Waals surface area contributed by atoms with Crippen LogP contribution in [0.3, 0.4) is 0 Å². The summed E-state index contributed by atoms with van der Waals surface area (Å²) in [6.45, 7) is 0.101. The van der Waals surface area contributed by atoms with Gasteiger partial charge in [-0.3, -0.25) is 4.79 Å². The molecule has 114 valence electrons. The fraction of sp³-hybridized carbons (Fsp3) is 0.231. The Morgan fingerprint density at radius 3 is 2.64 bits per heavy atom. The monoisotopic (exact) mass is 309 g/mol. The zero-order valence-electron chi connectivity index (χ0n) is 11.4. The number of fused-ring (bicyclic) bond motifs is 1. The van der Waals surface area contributed by atoms with Gasteiger partial charge in [0.2, 0.25) is 0 Å². The maximum atomic E-state index is 12.7. The van der Waals surface area contributed by atoms with Gasteiger partial charge in [0.15, 0.2) is 5.82 Å². The summed E-state index contributed by atoms with van der Waals surface area (Å²) in [5.74, 6) is 0.343. The van der Waals surface area contributed by atoms with Crippen LogP contribution in [0.25, 0.3) is 10.8 Å². The van der Waals surface area contributed by atoms with Gasteiger partial charge in [0.1, 0.15) is 0 Å². The Balaban J connectivity index is 2.05. The number of benzene rings is 1. The van der Waals surface area contributed by atoms with Crippen molar-refractivity contribution < 1.29 is 13.2 Å². The molecule has 9 heteroatoms. The number of hydrogen-bond donors (Lipinski definition) is 0. The zero-order valence-corrected chi connectivity index (χ0v) is 11.4. The Hall–Kier alpha value is -2.71. The molecule has 0 unspecified atom stereocenters. The molecule has 3 aromatic rings. The Morgan fingerprint density at radius 2 is 2.00 bits per heavy atom. The van der Waals surface area contributed by atoms with E-state index in [4.69, 9.17) is 0 Å². The number of halogens is 3. The highest BCUT2D eigenvalue weighted by atomic mass is 19.4. The average molecular weight is 309 g/mol. The first-order valence-electron chi connectivity index (χ1n) is 6.28. The molecule has 0 fully saturated rings. The van der Waals surface area contributed by atoms with Crippen LogP contribution in [0.15, 0.2) is 35.3 Å². The molecule has 2 heterocycles. The molecule has 0 amide bonds. The number of rotatable bonds is 2. The summed E-state index contributed by atoms with van der Waals surface area (Å²) in [7, 11) is 1.60. The topological polar surface area (TPSA) is 65.6 Å². The molecule has 0 aliphatic heterocycles. The van der Waals surface area contributed by atoms with Crippen LogP contribution in [0.4, 0.5) is 13.2 Å². The predicted molar refractivity (Wildman–Crippen MR) is 71.1 cm³/mol. The van der Waals surface area contributed by atoms with Gasteiger partial charge in [-0.1, -0.05) is 0 Å². The van der Waals surface area contributed by atoms with Gasteiger partial charge in [0.05, 0.1) is 19.2 Å². The van der Waals surface area contributed by atoms with E-state index in [-0.39, 0.29) is 17.3 Å². The van der Waals surface area contributed by atoms with Crippen LogP contribution >= 0.6 is 0 Å². The number of nitrogens with zero attached hydrogens (tertiary/aromatic N) is 5. The van der Waals surface area contributed by atoms with Gasteiger partial charge in [-0.25, -0.2) is 0 Å². The maximum Gasteiger partial charge on any atom is 0.416 e. The van der Waals surface area contributed by atoms with Crippen molar-refractivity contribution in [2.45, 2.75) is 12.7 Å². The van der Waals surface area contributed by atoms with Crippen molar-refractivity contribution >= 4 is 10.8 Å². The molecule has 0 atom stereocenters. The lowest BCUT2D eigenvalue weighted by molar-refractivity contribution is -0.137. The lowest BCUT2D eigenvalue weighted by atomic mass is 10.1. The summed E-state index contributed by atoms with van der Waals surface area (Å²) in [5, 5.41) is 11.8. The third-order valence-electron chi connectivity index (χ3n) is 3.17. The first-order valence-corrected chi connectivity index (χ1v) is 6.28. The van der Waals surface area contributed by atoms with Crippen LogP contribution in [0.5, 0.6) is 0 Å². The van der Waals surface area contributed by atoms with Gasteiger partial charge in [0, 0.05) is 11.6 Å². The SMILES string of the molecule is Cn1nnc(Cn2ccc3cc(C(F)(F)F)ccc3c2=O)n1. The number of aryl methyl sites for hydroxylation is 1. The van der Waals surface area contributed by atoms with Gasteiger partial charge in [0.25, 0.3) is 5.56 Å². The number of tetrazole rings is 1. The molecule has 22 heavy (non-hydrogen) atoms. The maximum absolute atomic E-state index is 12.7. The van der Waals surface area contributed by atoms with Crippen LogP contribution in [-0.4, -0.2) is 24.8 Å². The Morgan fingerprint density at radius 1 is 1.23 bits per heavy atom. The van der Waals surface area contributed by atoms with Crippen molar-refractivity contribution in [1.82, 2.24) is 24.8 Å². The van der Waals surface area contributed by atoms with Gasteiger partial charge in [-0.05, 0) is 34.9 Å². The molecule has 0 N–H and O–H groups in total. The minimum Gasteiger partial charge on any atom is -0.307 e. The standard InChI is InChI=1S/C13H10F3N5O/c1-20-18-11(17-19-20)7-21-5-4-8-6-9(13(14,15)16)2-3-10(8)12(21)22/h2-6H,7H2,1H3. The minimum atomic E-state index is -4.44. The third-order valence-corrected chi connectivity index (χ3v) is 3.17. The predicted octanol–water partition coefficient (Wildman–Crippen LogP) is 1.59. The van der Waals surface area contributed by atoms with Crippen LogP contribution in [0.1, 0.15) is 11.4 Å². The van der Waals surface area contributed by atoms with Crippen LogP contribution in [-0.2, 0) is 19.8 Å². The van der Waals surface area contributed by atoms with E-state index in [2.05, 4.69) is 15.4 Å². The molecule has 0 saturated heterocycles. The molecule has 1 aromatic carbocycles. The second kappa shape index (κ2) is 4.93. The average Bonchev–Trinajstić information content (AvgIpc) is 2.86. The highest BCUT2D eigenvalue weighted by Gasteiger charge is 2.30. The quantitative estimate of drug-likeness (QED) is 0.721. The van der Waals surface area contributed by atoms with E-state index < -0.39 is 17.3 Å². The zero-order chi connectivity index (χ0) is 15.9. The van der Waals surface area contributed by atoms with Crippen molar-refractivity contribution in [3.8, 4) is 0 Å². The first kappa shape index (κ1) is 14.2. The fourth-order valence-electron chi connectivity index (χ4n) is 2.13. The molecule has 3 rings (SSSR count). The summed E-state index contributed by atoms with van der Waals surface area (Å²) in [6, 6.07) is 4.50. The molecule has 0 spiro atoms. The van der Waals surface area contributed by atoms with Crippen LogP contribution < -0.4 is 5.56 Å². The summed E-state index contributed by atoms with van der Waals surface area (Å²) in [4.78, 5) is 13.6. The third kappa shape index (κ3) is 2.57. The molecule has 0 aliphatic rings. The first-order chi connectivity index (χ1) is 10.3. The fourth-order valence-corrected chi connectivity index (χ4v) is 2.13. The van der Waals surface area contributed by atoms with Gasteiger partial charge >= 0.3 is 6.18 Å².